The van der Waals surface area contributed by atoms with E-state index in [1.165, 1.54) is 22.3 Å². The maximum Gasteiger partial charge on any atom is 0.135 e. The van der Waals surface area contributed by atoms with Crippen LogP contribution in [0.4, 0.5) is 0 Å². The fraction of sp³-hybridized carbons (Fsp3) is 0. The van der Waals surface area contributed by atoms with Gasteiger partial charge in [-0.25, -0.2) is 0 Å². The molecule has 4 aromatic carbocycles. The molecule has 0 unspecified atom stereocenters. The summed E-state index contributed by atoms with van der Waals surface area (Å²) in [6, 6.07) is 29.5. The van der Waals surface area contributed by atoms with Gasteiger partial charge in [0.05, 0.1) is 0 Å². The first-order valence-corrected chi connectivity index (χ1v) is 10.2. The zero-order chi connectivity index (χ0) is 18.4. The van der Waals surface area contributed by atoms with E-state index < -0.39 is 0 Å². The Labute approximate surface area is 173 Å². The molecule has 0 radical (unpaired) electrons. The summed E-state index contributed by atoms with van der Waals surface area (Å²) in [5, 5.41) is 2.28. The van der Waals surface area contributed by atoms with Crippen LogP contribution in [0.1, 0.15) is 0 Å². The normalized spacial score (nSPS) is 11.3. The van der Waals surface area contributed by atoms with Crippen molar-refractivity contribution >= 4 is 53.8 Å². The SMILES string of the molecule is Brc1cccc(-c2ccc3oc4ccc(-c5cccc(Br)c5)cc4c3c2)c1. The summed E-state index contributed by atoms with van der Waals surface area (Å²) < 4.78 is 8.22. The summed E-state index contributed by atoms with van der Waals surface area (Å²) in [4.78, 5) is 0. The molecule has 0 atom stereocenters. The van der Waals surface area contributed by atoms with Gasteiger partial charge in [-0.1, -0.05) is 68.3 Å². The highest BCUT2D eigenvalue weighted by molar-refractivity contribution is 9.10. The number of benzene rings is 4. The predicted octanol–water partition coefficient (Wildman–Crippen LogP) is 8.45. The minimum atomic E-state index is 0.912. The van der Waals surface area contributed by atoms with Crippen LogP contribution in [0.2, 0.25) is 0 Å². The van der Waals surface area contributed by atoms with E-state index in [0.29, 0.717) is 0 Å². The van der Waals surface area contributed by atoms with Gasteiger partial charge < -0.3 is 4.42 Å². The number of furan rings is 1. The van der Waals surface area contributed by atoms with Crippen molar-refractivity contribution in [1.29, 1.82) is 0 Å². The van der Waals surface area contributed by atoms with Gasteiger partial charge >= 0.3 is 0 Å². The minimum Gasteiger partial charge on any atom is -0.456 e. The van der Waals surface area contributed by atoms with Crippen LogP contribution in [0.25, 0.3) is 44.2 Å². The largest absolute Gasteiger partial charge is 0.456 e. The maximum absolute atomic E-state index is 6.06. The van der Waals surface area contributed by atoms with E-state index in [0.717, 1.165) is 30.9 Å². The Kier molecular flexibility index (Phi) is 4.14. The molecule has 0 fully saturated rings. The number of fused-ring (bicyclic) bond motifs is 3. The fourth-order valence-corrected chi connectivity index (χ4v) is 4.27. The van der Waals surface area contributed by atoms with E-state index in [1.54, 1.807) is 0 Å². The number of hydrogen-bond acceptors (Lipinski definition) is 1. The molecule has 1 aromatic heterocycles. The molecule has 1 nitrogen and oxygen atoms in total. The summed E-state index contributed by atoms with van der Waals surface area (Å²) in [6.45, 7) is 0. The molecule has 0 spiro atoms. The molecule has 0 amide bonds. The maximum atomic E-state index is 6.06. The zero-order valence-corrected chi connectivity index (χ0v) is 17.4. The molecule has 5 aromatic rings. The van der Waals surface area contributed by atoms with Gasteiger partial charge in [-0.05, 0) is 70.8 Å². The first kappa shape index (κ1) is 16.8. The van der Waals surface area contributed by atoms with Crippen molar-refractivity contribution in [2.75, 3.05) is 0 Å². The highest BCUT2D eigenvalue weighted by Crippen LogP contribution is 2.35. The third-order valence-corrected chi connectivity index (χ3v) is 5.77. The predicted molar refractivity (Wildman–Crippen MR) is 120 cm³/mol. The van der Waals surface area contributed by atoms with Gasteiger partial charge in [0, 0.05) is 19.7 Å². The van der Waals surface area contributed by atoms with E-state index in [1.807, 2.05) is 12.1 Å². The lowest BCUT2D eigenvalue weighted by molar-refractivity contribution is 0.669. The summed E-state index contributed by atoms with van der Waals surface area (Å²) in [6.07, 6.45) is 0. The Hall–Kier alpha value is -2.36. The molecular weight excluding hydrogens is 464 g/mol. The number of halogens is 2. The van der Waals surface area contributed by atoms with Crippen molar-refractivity contribution in [3.63, 3.8) is 0 Å². The standard InChI is InChI=1S/C24H14Br2O/c25-19-5-1-3-15(11-19)17-7-9-23-21(13-17)22-14-18(8-10-24(22)27-23)16-4-2-6-20(26)12-16/h1-14H. The molecule has 1 heterocycles. The fourth-order valence-electron chi connectivity index (χ4n) is 3.47. The van der Waals surface area contributed by atoms with Gasteiger partial charge in [0.25, 0.3) is 0 Å². The number of hydrogen-bond donors (Lipinski definition) is 0. The van der Waals surface area contributed by atoms with E-state index in [9.17, 15) is 0 Å². The Bertz CT molecular complexity index is 1200. The van der Waals surface area contributed by atoms with Crippen molar-refractivity contribution in [2.24, 2.45) is 0 Å². The third kappa shape index (κ3) is 3.11. The molecule has 27 heavy (non-hydrogen) atoms. The summed E-state index contributed by atoms with van der Waals surface area (Å²) >= 11 is 7.12. The van der Waals surface area contributed by atoms with Crippen molar-refractivity contribution in [1.82, 2.24) is 0 Å². The van der Waals surface area contributed by atoms with Crippen LogP contribution in [0.15, 0.2) is 98.3 Å². The monoisotopic (exact) mass is 476 g/mol. The zero-order valence-electron chi connectivity index (χ0n) is 14.2. The molecule has 5 rings (SSSR count). The first-order chi connectivity index (χ1) is 13.2. The van der Waals surface area contributed by atoms with Crippen LogP contribution >= 0.6 is 31.9 Å². The van der Waals surface area contributed by atoms with Gasteiger partial charge in [-0.15, -0.1) is 0 Å². The first-order valence-electron chi connectivity index (χ1n) is 8.66. The van der Waals surface area contributed by atoms with Crippen molar-refractivity contribution < 1.29 is 4.42 Å². The van der Waals surface area contributed by atoms with Gasteiger partial charge in [-0.2, -0.15) is 0 Å². The van der Waals surface area contributed by atoms with E-state index in [2.05, 4.69) is 105 Å². The van der Waals surface area contributed by atoms with Crippen LogP contribution in [0.3, 0.4) is 0 Å². The topological polar surface area (TPSA) is 13.1 Å². The summed E-state index contributed by atoms with van der Waals surface area (Å²) in [5.74, 6) is 0. The molecule has 0 bridgehead atoms. The summed E-state index contributed by atoms with van der Waals surface area (Å²) in [5.41, 5.74) is 6.55. The molecule has 0 saturated heterocycles. The van der Waals surface area contributed by atoms with Gasteiger partial charge in [0.2, 0.25) is 0 Å². The minimum absolute atomic E-state index is 0.912. The molecule has 0 aliphatic heterocycles. The van der Waals surface area contributed by atoms with Gasteiger partial charge in [-0.3, -0.25) is 0 Å². The quantitative estimate of drug-likeness (QED) is 0.248. The van der Waals surface area contributed by atoms with Crippen molar-refractivity contribution in [2.45, 2.75) is 0 Å². The molecule has 3 heteroatoms. The van der Waals surface area contributed by atoms with Crippen molar-refractivity contribution in [3.8, 4) is 22.3 Å². The van der Waals surface area contributed by atoms with Crippen LogP contribution < -0.4 is 0 Å². The lowest BCUT2D eigenvalue weighted by Crippen LogP contribution is -1.79. The smallest absolute Gasteiger partial charge is 0.135 e. The number of rotatable bonds is 2. The molecule has 0 N–H and O–H groups in total. The molecule has 0 saturated carbocycles. The summed E-state index contributed by atoms with van der Waals surface area (Å²) in [7, 11) is 0. The Balaban J connectivity index is 1.71. The lowest BCUT2D eigenvalue weighted by Gasteiger charge is -2.04. The Morgan fingerprint density at radius 3 is 1.37 bits per heavy atom. The van der Waals surface area contributed by atoms with Crippen LogP contribution in [-0.4, -0.2) is 0 Å². The molecule has 0 aliphatic carbocycles. The molecule has 130 valence electrons. The van der Waals surface area contributed by atoms with Crippen LogP contribution in [-0.2, 0) is 0 Å². The average Bonchev–Trinajstić information content (AvgIpc) is 3.05. The van der Waals surface area contributed by atoms with Gasteiger partial charge in [0.1, 0.15) is 11.2 Å². The second kappa shape index (κ2) is 6.66. The Morgan fingerprint density at radius 2 is 0.926 bits per heavy atom. The Morgan fingerprint density at radius 1 is 0.481 bits per heavy atom. The highest BCUT2D eigenvalue weighted by Gasteiger charge is 2.10. The van der Waals surface area contributed by atoms with E-state index in [-0.39, 0.29) is 0 Å². The second-order valence-corrected chi connectivity index (χ2v) is 8.38. The van der Waals surface area contributed by atoms with Crippen LogP contribution in [0, 0.1) is 0 Å². The van der Waals surface area contributed by atoms with Crippen molar-refractivity contribution in [3.05, 3.63) is 93.9 Å². The lowest BCUT2D eigenvalue weighted by atomic mass is 10.0. The van der Waals surface area contributed by atoms with Crippen LogP contribution in [0.5, 0.6) is 0 Å². The van der Waals surface area contributed by atoms with E-state index in [4.69, 9.17) is 4.42 Å². The molecule has 0 aliphatic rings. The van der Waals surface area contributed by atoms with E-state index >= 15 is 0 Å². The molecular formula is C24H14Br2O. The van der Waals surface area contributed by atoms with Gasteiger partial charge in [0.15, 0.2) is 0 Å². The highest BCUT2D eigenvalue weighted by atomic mass is 79.9. The second-order valence-electron chi connectivity index (χ2n) is 6.54. The average molecular weight is 478 g/mol. The third-order valence-electron chi connectivity index (χ3n) is 4.79.